The standard InChI is InChI=1S/C16H26N4OS/c1-5-20(6-2)15-9-7-14(8-10-15)11-17-19-16(22)18-13(3)12-21-4/h7-11,13H,5-6,12H2,1-4H3,(H2,18,19,22)/b17-11-/t13-/m1/s1. The molecule has 122 valence electrons. The Morgan fingerprint density at radius 3 is 2.50 bits per heavy atom. The highest BCUT2D eigenvalue weighted by Crippen LogP contribution is 2.13. The van der Waals surface area contributed by atoms with Crippen molar-refractivity contribution in [3.05, 3.63) is 29.8 Å². The van der Waals surface area contributed by atoms with Gasteiger partial charge in [0.25, 0.3) is 0 Å². The van der Waals surface area contributed by atoms with Crippen LogP contribution in [0.25, 0.3) is 0 Å². The normalized spacial score (nSPS) is 12.2. The van der Waals surface area contributed by atoms with Gasteiger partial charge in [-0.25, -0.2) is 0 Å². The van der Waals surface area contributed by atoms with Crippen molar-refractivity contribution in [2.75, 3.05) is 31.7 Å². The molecule has 0 unspecified atom stereocenters. The molecule has 5 nitrogen and oxygen atoms in total. The number of hydrazone groups is 1. The third-order valence-corrected chi connectivity index (χ3v) is 3.40. The predicted molar refractivity (Wildman–Crippen MR) is 97.8 cm³/mol. The third-order valence-electron chi connectivity index (χ3n) is 3.20. The number of nitrogens with one attached hydrogen (secondary N) is 2. The molecule has 6 heteroatoms. The fourth-order valence-electron chi connectivity index (χ4n) is 2.07. The van der Waals surface area contributed by atoms with Gasteiger partial charge < -0.3 is 15.0 Å². The summed E-state index contributed by atoms with van der Waals surface area (Å²) in [7, 11) is 1.66. The van der Waals surface area contributed by atoms with Crippen molar-refractivity contribution in [1.29, 1.82) is 0 Å². The van der Waals surface area contributed by atoms with E-state index in [9.17, 15) is 0 Å². The van der Waals surface area contributed by atoms with Crippen LogP contribution >= 0.6 is 12.2 Å². The summed E-state index contributed by atoms with van der Waals surface area (Å²) in [6.07, 6.45) is 1.75. The number of benzene rings is 1. The topological polar surface area (TPSA) is 48.9 Å². The number of hydrogen-bond donors (Lipinski definition) is 2. The number of ether oxygens (including phenoxy) is 1. The third kappa shape index (κ3) is 6.41. The number of rotatable bonds is 8. The lowest BCUT2D eigenvalue weighted by atomic mass is 10.2. The molecule has 0 fully saturated rings. The molecule has 0 amide bonds. The summed E-state index contributed by atoms with van der Waals surface area (Å²) in [6, 6.07) is 8.44. The van der Waals surface area contributed by atoms with Crippen molar-refractivity contribution in [3.8, 4) is 0 Å². The number of nitrogens with zero attached hydrogens (tertiary/aromatic N) is 2. The van der Waals surface area contributed by atoms with Gasteiger partial charge in [0.15, 0.2) is 5.11 Å². The quantitative estimate of drug-likeness (QED) is 0.437. The van der Waals surface area contributed by atoms with Crippen molar-refractivity contribution in [3.63, 3.8) is 0 Å². The van der Waals surface area contributed by atoms with E-state index in [4.69, 9.17) is 17.0 Å². The SMILES string of the molecule is CCN(CC)c1ccc(/C=N\NC(=S)N[C@H](C)COC)cc1. The lowest BCUT2D eigenvalue weighted by molar-refractivity contribution is 0.179. The summed E-state index contributed by atoms with van der Waals surface area (Å²) in [5.41, 5.74) is 5.05. The Balaban J connectivity index is 2.48. The molecule has 0 aliphatic carbocycles. The molecule has 0 bridgehead atoms. The largest absolute Gasteiger partial charge is 0.383 e. The highest BCUT2D eigenvalue weighted by Gasteiger charge is 2.02. The number of methoxy groups -OCH3 is 1. The van der Waals surface area contributed by atoms with Gasteiger partial charge in [0.1, 0.15) is 0 Å². The van der Waals surface area contributed by atoms with Crippen molar-refractivity contribution in [2.24, 2.45) is 5.10 Å². The van der Waals surface area contributed by atoms with Gasteiger partial charge in [-0.1, -0.05) is 12.1 Å². The van der Waals surface area contributed by atoms with Crippen LogP contribution < -0.4 is 15.6 Å². The van der Waals surface area contributed by atoms with E-state index in [0.717, 1.165) is 18.7 Å². The second kappa shape index (κ2) is 10.1. The molecule has 0 radical (unpaired) electrons. The van der Waals surface area contributed by atoms with E-state index in [1.54, 1.807) is 13.3 Å². The summed E-state index contributed by atoms with van der Waals surface area (Å²) >= 11 is 5.15. The first-order valence-corrected chi connectivity index (χ1v) is 7.95. The second-order valence-corrected chi connectivity index (χ2v) is 5.37. The monoisotopic (exact) mass is 322 g/mol. The fraction of sp³-hybridized carbons (Fsp3) is 0.500. The molecule has 0 aliphatic heterocycles. The minimum absolute atomic E-state index is 0.147. The fourth-order valence-corrected chi connectivity index (χ4v) is 2.33. The minimum Gasteiger partial charge on any atom is -0.383 e. The van der Waals surface area contributed by atoms with Gasteiger partial charge in [-0.2, -0.15) is 5.10 Å². The average molecular weight is 322 g/mol. The Kier molecular flexibility index (Phi) is 8.47. The lowest BCUT2D eigenvalue weighted by Gasteiger charge is -2.20. The molecule has 22 heavy (non-hydrogen) atoms. The second-order valence-electron chi connectivity index (χ2n) is 4.96. The first-order valence-electron chi connectivity index (χ1n) is 7.54. The first kappa shape index (κ1) is 18.4. The molecule has 0 aromatic heterocycles. The van der Waals surface area contributed by atoms with Gasteiger partial charge in [0.2, 0.25) is 0 Å². The molecular formula is C16H26N4OS. The smallest absolute Gasteiger partial charge is 0.187 e. The van der Waals surface area contributed by atoms with Gasteiger partial charge in [0, 0.05) is 31.9 Å². The summed E-state index contributed by atoms with van der Waals surface area (Å²) in [5, 5.41) is 7.70. The maximum absolute atomic E-state index is 5.15. The molecule has 1 rings (SSSR count). The first-order chi connectivity index (χ1) is 10.6. The van der Waals surface area contributed by atoms with E-state index >= 15 is 0 Å². The highest BCUT2D eigenvalue weighted by molar-refractivity contribution is 7.80. The molecule has 1 aromatic rings. The molecule has 0 spiro atoms. The Hall–Kier alpha value is -1.66. The van der Waals surface area contributed by atoms with Crippen LogP contribution in [0, 0.1) is 0 Å². The molecule has 0 heterocycles. The van der Waals surface area contributed by atoms with Crippen LogP contribution in [0.2, 0.25) is 0 Å². The molecule has 0 saturated carbocycles. The van der Waals surface area contributed by atoms with Crippen molar-refractivity contribution in [1.82, 2.24) is 10.7 Å². The molecule has 0 aliphatic rings. The van der Waals surface area contributed by atoms with Crippen molar-refractivity contribution < 1.29 is 4.74 Å². The van der Waals surface area contributed by atoms with Crippen LogP contribution in [0.5, 0.6) is 0 Å². The maximum Gasteiger partial charge on any atom is 0.187 e. The zero-order valence-corrected chi connectivity index (χ0v) is 14.6. The summed E-state index contributed by atoms with van der Waals surface area (Å²) < 4.78 is 5.03. The van der Waals surface area contributed by atoms with Crippen LogP contribution in [0.4, 0.5) is 5.69 Å². The van der Waals surface area contributed by atoms with E-state index < -0.39 is 0 Å². The Labute approximate surface area is 138 Å². The van der Waals surface area contributed by atoms with Crippen molar-refractivity contribution in [2.45, 2.75) is 26.8 Å². The highest BCUT2D eigenvalue weighted by atomic mass is 32.1. The van der Waals surface area contributed by atoms with Crippen LogP contribution in [0.1, 0.15) is 26.3 Å². The zero-order chi connectivity index (χ0) is 16.4. The predicted octanol–water partition coefficient (Wildman–Crippen LogP) is 2.37. The van der Waals surface area contributed by atoms with Gasteiger partial charge in [-0.15, -0.1) is 0 Å². The summed E-state index contributed by atoms with van der Waals surface area (Å²) in [5.74, 6) is 0. The van der Waals surface area contributed by atoms with E-state index in [-0.39, 0.29) is 6.04 Å². The van der Waals surface area contributed by atoms with Gasteiger partial charge in [-0.05, 0) is 50.7 Å². The Morgan fingerprint density at radius 2 is 1.95 bits per heavy atom. The maximum atomic E-state index is 5.15. The van der Waals surface area contributed by atoms with E-state index in [0.29, 0.717) is 11.7 Å². The minimum atomic E-state index is 0.147. The molecule has 0 saturated heterocycles. The van der Waals surface area contributed by atoms with Gasteiger partial charge >= 0.3 is 0 Å². The Bertz CT molecular complexity index is 472. The van der Waals surface area contributed by atoms with Gasteiger partial charge in [-0.3, -0.25) is 5.43 Å². The van der Waals surface area contributed by atoms with E-state index in [1.165, 1.54) is 5.69 Å². The number of thiocarbonyl (C=S) groups is 1. The summed E-state index contributed by atoms with van der Waals surface area (Å²) in [6.45, 7) is 8.91. The van der Waals surface area contributed by atoms with Crippen LogP contribution in [-0.4, -0.2) is 44.2 Å². The van der Waals surface area contributed by atoms with Crippen LogP contribution in [0.3, 0.4) is 0 Å². The number of hydrogen-bond acceptors (Lipinski definition) is 4. The van der Waals surface area contributed by atoms with E-state index in [2.05, 4.69) is 46.7 Å². The average Bonchev–Trinajstić information content (AvgIpc) is 2.50. The molecule has 1 atom stereocenters. The summed E-state index contributed by atoms with van der Waals surface area (Å²) in [4.78, 5) is 2.30. The molecule has 1 aromatic carbocycles. The number of anilines is 1. The lowest BCUT2D eigenvalue weighted by Crippen LogP contribution is -2.40. The zero-order valence-electron chi connectivity index (χ0n) is 13.8. The van der Waals surface area contributed by atoms with Crippen LogP contribution in [-0.2, 0) is 4.74 Å². The Morgan fingerprint density at radius 1 is 1.32 bits per heavy atom. The molecule has 2 N–H and O–H groups in total. The van der Waals surface area contributed by atoms with Gasteiger partial charge in [0.05, 0.1) is 12.8 Å². The van der Waals surface area contributed by atoms with Crippen molar-refractivity contribution >= 4 is 29.2 Å². The van der Waals surface area contributed by atoms with Crippen LogP contribution in [0.15, 0.2) is 29.4 Å². The molecular weight excluding hydrogens is 296 g/mol. The van der Waals surface area contributed by atoms with E-state index in [1.807, 2.05) is 19.1 Å².